The highest BCUT2D eigenvalue weighted by molar-refractivity contribution is 5.61. The first-order valence-corrected chi connectivity index (χ1v) is 9.03. The van der Waals surface area contributed by atoms with Crippen molar-refractivity contribution in [2.45, 2.75) is 25.7 Å². The molecular weight excluding hydrogens is 314 g/mol. The smallest absolute Gasteiger partial charge is 0.224 e. The molecule has 25 heavy (non-hydrogen) atoms. The molecule has 6 heteroatoms. The number of nitrogens with one attached hydrogen (secondary N) is 2. The number of hydrogen-bond acceptors (Lipinski definition) is 6. The third-order valence-electron chi connectivity index (χ3n) is 4.32. The molecular formula is C19H27N5O. The van der Waals surface area contributed by atoms with Crippen LogP contribution in [0.3, 0.4) is 0 Å². The fourth-order valence-corrected chi connectivity index (χ4v) is 2.99. The molecule has 0 bridgehead atoms. The number of ether oxygens (including phenoxy) is 1. The van der Waals surface area contributed by atoms with Gasteiger partial charge in [-0.1, -0.05) is 0 Å². The number of hydrogen-bond donors (Lipinski definition) is 2. The van der Waals surface area contributed by atoms with Crippen molar-refractivity contribution in [3.63, 3.8) is 0 Å². The van der Waals surface area contributed by atoms with E-state index in [1.165, 1.54) is 24.9 Å². The van der Waals surface area contributed by atoms with Crippen molar-refractivity contribution >= 4 is 23.1 Å². The highest BCUT2D eigenvalue weighted by Gasteiger charge is 2.10. The minimum absolute atomic E-state index is 0.631. The minimum atomic E-state index is 0.631. The fourth-order valence-electron chi connectivity index (χ4n) is 2.99. The Morgan fingerprint density at radius 1 is 1.08 bits per heavy atom. The van der Waals surface area contributed by atoms with Crippen molar-refractivity contribution in [3.8, 4) is 0 Å². The van der Waals surface area contributed by atoms with Crippen LogP contribution in [0.1, 0.15) is 25.7 Å². The molecule has 2 heterocycles. The molecule has 1 aromatic carbocycles. The molecule has 2 aromatic rings. The van der Waals surface area contributed by atoms with Gasteiger partial charge in [-0.15, -0.1) is 0 Å². The Balaban J connectivity index is 1.56. The van der Waals surface area contributed by atoms with Crippen LogP contribution in [0.15, 0.2) is 36.5 Å². The van der Waals surface area contributed by atoms with E-state index in [2.05, 4.69) is 49.8 Å². The van der Waals surface area contributed by atoms with Gasteiger partial charge in [-0.2, -0.15) is 4.98 Å². The first-order chi connectivity index (χ1) is 12.3. The quantitative estimate of drug-likeness (QED) is 0.715. The van der Waals surface area contributed by atoms with Crippen molar-refractivity contribution < 1.29 is 4.74 Å². The van der Waals surface area contributed by atoms with Crippen molar-refractivity contribution in [1.29, 1.82) is 0 Å². The summed E-state index contributed by atoms with van der Waals surface area (Å²) in [5.41, 5.74) is 2.33. The molecule has 0 spiro atoms. The molecule has 1 aliphatic rings. The van der Waals surface area contributed by atoms with Gasteiger partial charge in [0.15, 0.2) is 0 Å². The summed E-state index contributed by atoms with van der Waals surface area (Å²) in [4.78, 5) is 11.2. The average Bonchev–Trinajstić information content (AvgIpc) is 2.67. The van der Waals surface area contributed by atoms with E-state index in [1.54, 1.807) is 13.3 Å². The van der Waals surface area contributed by atoms with Crippen LogP contribution in [-0.4, -0.2) is 43.3 Å². The van der Waals surface area contributed by atoms with Crippen LogP contribution >= 0.6 is 0 Å². The van der Waals surface area contributed by atoms with Crippen molar-refractivity contribution in [1.82, 2.24) is 9.97 Å². The maximum Gasteiger partial charge on any atom is 0.224 e. The first-order valence-electron chi connectivity index (χ1n) is 9.03. The second kappa shape index (κ2) is 9.22. The summed E-state index contributed by atoms with van der Waals surface area (Å²) in [7, 11) is 1.71. The van der Waals surface area contributed by atoms with Crippen molar-refractivity contribution in [3.05, 3.63) is 36.5 Å². The number of anilines is 4. The molecule has 1 aliphatic heterocycles. The Hall–Kier alpha value is -2.34. The third-order valence-corrected chi connectivity index (χ3v) is 4.32. The number of benzene rings is 1. The Kier molecular flexibility index (Phi) is 6.45. The maximum absolute atomic E-state index is 5.04. The zero-order valence-electron chi connectivity index (χ0n) is 14.9. The molecule has 1 fully saturated rings. The molecule has 6 nitrogen and oxygen atoms in total. The van der Waals surface area contributed by atoms with Crippen LogP contribution in [0.4, 0.5) is 23.1 Å². The predicted molar refractivity (Wildman–Crippen MR) is 103 cm³/mol. The highest BCUT2D eigenvalue weighted by atomic mass is 16.5. The zero-order valence-corrected chi connectivity index (χ0v) is 14.9. The summed E-state index contributed by atoms with van der Waals surface area (Å²) in [6.45, 7) is 3.85. The molecule has 0 atom stereocenters. The number of piperidine rings is 1. The summed E-state index contributed by atoms with van der Waals surface area (Å²) in [6, 6.07) is 10.5. The molecule has 134 valence electrons. The highest BCUT2D eigenvalue weighted by Crippen LogP contribution is 2.23. The Morgan fingerprint density at radius 2 is 1.88 bits per heavy atom. The van der Waals surface area contributed by atoms with Crippen LogP contribution in [0.2, 0.25) is 0 Å². The second-order valence-electron chi connectivity index (χ2n) is 6.26. The van der Waals surface area contributed by atoms with Gasteiger partial charge in [-0.25, -0.2) is 4.98 Å². The lowest BCUT2D eigenvalue weighted by molar-refractivity contribution is 0.197. The fraction of sp³-hybridized carbons (Fsp3) is 0.474. The molecule has 0 radical (unpaired) electrons. The summed E-state index contributed by atoms with van der Waals surface area (Å²) in [5.74, 6) is 1.42. The van der Waals surface area contributed by atoms with E-state index < -0.39 is 0 Å². The van der Waals surface area contributed by atoms with E-state index in [9.17, 15) is 0 Å². The van der Waals surface area contributed by atoms with Crippen LogP contribution in [0.5, 0.6) is 0 Å². The van der Waals surface area contributed by atoms with E-state index in [0.29, 0.717) is 5.95 Å². The van der Waals surface area contributed by atoms with Crippen LogP contribution in [-0.2, 0) is 4.74 Å². The molecule has 2 N–H and O–H groups in total. The van der Waals surface area contributed by atoms with E-state index in [4.69, 9.17) is 4.74 Å². The van der Waals surface area contributed by atoms with Gasteiger partial charge in [0.05, 0.1) is 0 Å². The lowest BCUT2D eigenvalue weighted by Gasteiger charge is -2.28. The molecule has 1 saturated heterocycles. The predicted octanol–water partition coefficient (Wildman–Crippen LogP) is 3.66. The molecule has 0 saturated carbocycles. The number of rotatable bonds is 8. The number of methoxy groups -OCH3 is 1. The van der Waals surface area contributed by atoms with Gasteiger partial charge in [0, 0.05) is 50.9 Å². The Morgan fingerprint density at radius 3 is 2.64 bits per heavy atom. The number of aromatic nitrogens is 2. The van der Waals surface area contributed by atoms with Gasteiger partial charge in [0.25, 0.3) is 0 Å². The van der Waals surface area contributed by atoms with Crippen molar-refractivity contribution in [2.75, 3.05) is 48.9 Å². The zero-order chi connectivity index (χ0) is 17.3. The monoisotopic (exact) mass is 341 g/mol. The first kappa shape index (κ1) is 17.5. The second-order valence-corrected chi connectivity index (χ2v) is 6.26. The summed E-state index contributed by atoms with van der Waals surface area (Å²) < 4.78 is 5.04. The van der Waals surface area contributed by atoms with Crippen molar-refractivity contribution in [2.24, 2.45) is 0 Å². The van der Waals surface area contributed by atoms with E-state index in [1.807, 2.05) is 6.07 Å². The Bertz CT molecular complexity index is 641. The largest absolute Gasteiger partial charge is 0.385 e. The maximum atomic E-state index is 5.04. The van der Waals surface area contributed by atoms with Gasteiger partial charge in [0.1, 0.15) is 5.82 Å². The molecule has 1 aromatic heterocycles. The van der Waals surface area contributed by atoms with E-state index in [0.717, 1.165) is 44.2 Å². The van der Waals surface area contributed by atoms with Gasteiger partial charge >= 0.3 is 0 Å². The summed E-state index contributed by atoms with van der Waals surface area (Å²) >= 11 is 0. The lowest BCUT2D eigenvalue weighted by Crippen LogP contribution is -2.29. The summed E-state index contributed by atoms with van der Waals surface area (Å²) in [6.07, 6.45) is 6.62. The standard InChI is InChI=1S/C19H27N5O/c1-25-15-5-11-20-19-21-12-10-18(23-19)22-16-6-8-17(9-7-16)24-13-3-2-4-14-24/h6-10,12H,2-5,11,13-15H2,1H3,(H2,20,21,22,23). The van der Waals surface area contributed by atoms with E-state index in [-0.39, 0.29) is 0 Å². The third kappa shape index (κ3) is 5.32. The van der Waals surface area contributed by atoms with Gasteiger partial charge in [-0.3, -0.25) is 0 Å². The van der Waals surface area contributed by atoms with Gasteiger partial charge in [-0.05, 0) is 56.0 Å². The molecule has 3 rings (SSSR count). The van der Waals surface area contributed by atoms with Gasteiger partial charge in [0.2, 0.25) is 5.95 Å². The SMILES string of the molecule is COCCCNc1nccc(Nc2ccc(N3CCCCC3)cc2)n1. The van der Waals surface area contributed by atoms with Gasteiger partial charge < -0.3 is 20.3 Å². The normalized spacial score (nSPS) is 14.4. The molecule has 0 amide bonds. The lowest BCUT2D eigenvalue weighted by atomic mass is 10.1. The molecule has 0 unspecified atom stereocenters. The van der Waals surface area contributed by atoms with Crippen LogP contribution < -0.4 is 15.5 Å². The molecule has 0 aliphatic carbocycles. The minimum Gasteiger partial charge on any atom is -0.385 e. The van der Waals surface area contributed by atoms with Crippen LogP contribution in [0.25, 0.3) is 0 Å². The Labute approximate surface area is 149 Å². The van der Waals surface area contributed by atoms with Crippen LogP contribution in [0, 0.1) is 0 Å². The van der Waals surface area contributed by atoms with E-state index >= 15 is 0 Å². The number of nitrogens with zero attached hydrogens (tertiary/aromatic N) is 3. The average molecular weight is 341 g/mol. The summed E-state index contributed by atoms with van der Waals surface area (Å²) in [5, 5.41) is 6.55. The topological polar surface area (TPSA) is 62.3 Å².